The van der Waals surface area contributed by atoms with Crippen molar-refractivity contribution >= 4 is 23.2 Å². The Morgan fingerprint density at radius 2 is 2.00 bits per heavy atom. The van der Waals surface area contributed by atoms with Gasteiger partial charge in [0.05, 0.1) is 11.4 Å². The summed E-state index contributed by atoms with van der Waals surface area (Å²) in [6.45, 7) is 0. The number of carbonyl (C=O) groups is 1. The van der Waals surface area contributed by atoms with Gasteiger partial charge in [-0.3, -0.25) is 0 Å². The number of nitrogens with one attached hydrogen (secondary N) is 1. The van der Waals surface area contributed by atoms with E-state index in [0.29, 0.717) is 5.69 Å². The summed E-state index contributed by atoms with van der Waals surface area (Å²) in [5, 5.41) is 11.7. The normalized spacial score (nSPS) is 10.2. The second kappa shape index (κ2) is 5.56. The van der Waals surface area contributed by atoms with Crippen molar-refractivity contribution in [1.82, 2.24) is 4.98 Å². The van der Waals surface area contributed by atoms with Gasteiger partial charge in [0.2, 0.25) is 0 Å². The number of benzene rings is 1. The second-order valence-electron chi connectivity index (χ2n) is 4.36. The lowest BCUT2D eigenvalue weighted by Gasteiger charge is -2.18. The number of hydrogen-bond acceptors (Lipinski definition) is 4. The summed E-state index contributed by atoms with van der Waals surface area (Å²) in [5.41, 5.74) is 1.07. The first kappa shape index (κ1) is 13.8. The molecule has 20 heavy (non-hydrogen) atoms. The van der Waals surface area contributed by atoms with Gasteiger partial charge in [-0.15, -0.1) is 0 Å². The van der Waals surface area contributed by atoms with Gasteiger partial charge in [0, 0.05) is 20.3 Å². The van der Waals surface area contributed by atoms with Gasteiger partial charge >= 0.3 is 5.97 Å². The lowest BCUT2D eigenvalue weighted by Crippen LogP contribution is -2.12. The molecular weight excluding hydrogens is 261 g/mol. The van der Waals surface area contributed by atoms with Gasteiger partial charge < -0.3 is 15.3 Å². The van der Waals surface area contributed by atoms with Crippen LogP contribution in [0.25, 0.3) is 0 Å². The predicted octanol–water partition coefficient (Wildman–Crippen LogP) is 2.73. The zero-order valence-electron chi connectivity index (χ0n) is 11.1. The molecule has 0 fully saturated rings. The summed E-state index contributed by atoms with van der Waals surface area (Å²) in [7, 11) is 3.72. The first-order chi connectivity index (χ1) is 9.50. The molecule has 0 saturated carbocycles. The van der Waals surface area contributed by atoms with Crippen LogP contribution >= 0.6 is 0 Å². The van der Waals surface area contributed by atoms with Crippen LogP contribution in [0.15, 0.2) is 36.5 Å². The Bertz CT molecular complexity index is 644. The fraction of sp³-hybridized carbons (Fsp3) is 0.143. The summed E-state index contributed by atoms with van der Waals surface area (Å²) >= 11 is 0. The average molecular weight is 275 g/mol. The van der Waals surface area contributed by atoms with Crippen molar-refractivity contribution in [3.8, 4) is 0 Å². The molecule has 0 unspecified atom stereocenters. The Morgan fingerprint density at radius 1 is 1.30 bits per heavy atom. The number of para-hydroxylation sites is 2. The van der Waals surface area contributed by atoms with Crippen LogP contribution in [0.3, 0.4) is 0 Å². The number of hydrogen-bond donors (Lipinski definition) is 2. The molecule has 0 aliphatic rings. The van der Waals surface area contributed by atoms with Crippen LogP contribution in [0.5, 0.6) is 0 Å². The largest absolute Gasteiger partial charge is 0.478 e. The van der Waals surface area contributed by atoms with Gasteiger partial charge in [0.1, 0.15) is 5.56 Å². The number of carboxylic acids is 1. The second-order valence-corrected chi connectivity index (χ2v) is 4.36. The molecule has 2 rings (SSSR count). The highest BCUT2D eigenvalue weighted by molar-refractivity contribution is 5.89. The van der Waals surface area contributed by atoms with Gasteiger partial charge in [0.15, 0.2) is 11.6 Å². The van der Waals surface area contributed by atoms with Crippen LogP contribution in [0, 0.1) is 5.82 Å². The molecule has 104 valence electrons. The van der Waals surface area contributed by atoms with E-state index in [1.165, 1.54) is 6.20 Å². The minimum Gasteiger partial charge on any atom is -0.478 e. The summed E-state index contributed by atoms with van der Waals surface area (Å²) in [4.78, 5) is 16.6. The maximum absolute atomic E-state index is 14.0. The van der Waals surface area contributed by atoms with E-state index in [1.54, 1.807) is 12.1 Å². The summed E-state index contributed by atoms with van der Waals surface area (Å²) in [6, 6.07) is 8.41. The monoisotopic (exact) mass is 275 g/mol. The van der Waals surface area contributed by atoms with Crippen LogP contribution in [0.4, 0.5) is 21.6 Å². The average Bonchev–Trinajstić information content (AvgIpc) is 2.41. The highest BCUT2D eigenvalue weighted by atomic mass is 19.1. The smallest absolute Gasteiger partial charge is 0.338 e. The number of aromatic carboxylic acids is 1. The highest BCUT2D eigenvalue weighted by Gasteiger charge is 2.16. The fourth-order valence-corrected chi connectivity index (χ4v) is 1.79. The third-order valence-corrected chi connectivity index (χ3v) is 2.76. The van der Waals surface area contributed by atoms with E-state index in [-0.39, 0.29) is 5.82 Å². The van der Waals surface area contributed by atoms with E-state index in [9.17, 15) is 9.18 Å². The Labute approximate surface area is 115 Å². The van der Waals surface area contributed by atoms with E-state index >= 15 is 0 Å². The van der Waals surface area contributed by atoms with Crippen molar-refractivity contribution in [1.29, 1.82) is 0 Å². The van der Waals surface area contributed by atoms with Crippen molar-refractivity contribution in [2.75, 3.05) is 24.3 Å². The third kappa shape index (κ3) is 2.69. The van der Waals surface area contributed by atoms with E-state index in [0.717, 1.165) is 11.8 Å². The summed E-state index contributed by atoms with van der Waals surface area (Å²) < 4.78 is 14.0. The van der Waals surface area contributed by atoms with Gasteiger partial charge in [-0.1, -0.05) is 12.1 Å². The van der Waals surface area contributed by atoms with Gasteiger partial charge in [-0.2, -0.15) is 0 Å². The van der Waals surface area contributed by atoms with Crippen molar-refractivity contribution in [3.05, 3.63) is 47.9 Å². The first-order valence-electron chi connectivity index (χ1n) is 5.92. The van der Waals surface area contributed by atoms with Gasteiger partial charge in [-0.05, 0) is 18.2 Å². The lowest BCUT2D eigenvalue weighted by molar-refractivity contribution is 0.0692. The summed E-state index contributed by atoms with van der Waals surface area (Å²) in [5.74, 6) is -2.32. The number of carboxylic acid groups (broad SMARTS) is 1. The standard InChI is InChI=1S/C14H14FN3O2/c1-18(2)11-6-4-3-5-10(11)17-13-12(15)9(14(19)20)7-8-16-13/h3-8H,1-2H3,(H,16,17)(H,19,20). The number of anilines is 3. The van der Waals surface area contributed by atoms with Crippen molar-refractivity contribution < 1.29 is 14.3 Å². The summed E-state index contributed by atoms with van der Waals surface area (Å²) in [6.07, 6.45) is 1.26. The van der Waals surface area contributed by atoms with Crippen LogP contribution < -0.4 is 10.2 Å². The molecule has 0 radical (unpaired) electrons. The van der Waals surface area contributed by atoms with Gasteiger partial charge in [-0.25, -0.2) is 14.2 Å². The van der Waals surface area contributed by atoms with Crippen LogP contribution in [0.2, 0.25) is 0 Å². The molecule has 2 N–H and O–H groups in total. The predicted molar refractivity (Wildman–Crippen MR) is 75.2 cm³/mol. The lowest BCUT2D eigenvalue weighted by atomic mass is 10.2. The Morgan fingerprint density at radius 3 is 2.65 bits per heavy atom. The van der Waals surface area contributed by atoms with E-state index in [4.69, 9.17) is 5.11 Å². The Balaban J connectivity index is 2.41. The number of aromatic nitrogens is 1. The topological polar surface area (TPSA) is 65.5 Å². The van der Waals surface area contributed by atoms with Crippen molar-refractivity contribution in [2.45, 2.75) is 0 Å². The first-order valence-corrected chi connectivity index (χ1v) is 5.92. The Hall–Kier alpha value is -2.63. The maximum Gasteiger partial charge on any atom is 0.338 e. The zero-order chi connectivity index (χ0) is 14.7. The number of pyridine rings is 1. The molecular formula is C14H14FN3O2. The van der Waals surface area contributed by atoms with Crippen molar-refractivity contribution in [2.24, 2.45) is 0 Å². The third-order valence-electron chi connectivity index (χ3n) is 2.76. The molecule has 1 aromatic heterocycles. The van der Waals surface area contributed by atoms with Crippen LogP contribution in [-0.2, 0) is 0 Å². The van der Waals surface area contributed by atoms with E-state index < -0.39 is 17.3 Å². The molecule has 0 amide bonds. The molecule has 0 spiro atoms. The van der Waals surface area contributed by atoms with Crippen LogP contribution in [-0.4, -0.2) is 30.2 Å². The number of nitrogens with zero attached hydrogens (tertiary/aromatic N) is 2. The molecule has 1 aromatic carbocycles. The molecule has 0 aliphatic carbocycles. The SMILES string of the molecule is CN(C)c1ccccc1Nc1nccc(C(=O)O)c1F. The maximum atomic E-state index is 14.0. The van der Waals surface area contributed by atoms with E-state index in [2.05, 4.69) is 10.3 Å². The fourth-order valence-electron chi connectivity index (χ4n) is 1.79. The number of halogens is 1. The number of rotatable bonds is 4. The molecule has 2 aromatic rings. The molecule has 1 heterocycles. The van der Waals surface area contributed by atoms with Crippen molar-refractivity contribution in [3.63, 3.8) is 0 Å². The molecule has 5 nitrogen and oxygen atoms in total. The minimum atomic E-state index is -1.33. The Kier molecular flexibility index (Phi) is 3.84. The highest BCUT2D eigenvalue weighted by Crippen LogP contribution is 2.28. The van der Waals surface area contributed by atoms with E-state index in [1.807, 2.05) is 31.1 Å². The molecule has 0 saturated heterocycles. The molecule has 6 heteroatoms. The van der Waals surface area contributed by atoms with Gasteiger partial charge in [0.25, 0.3) is 0 Å². The molecule has 0 atom stereocenters. The quantitative estimate of drug-likeness (QED) is 0.898. The minimum absolute atomic E-state index is 0.112. The van der Waals surface area contributed by atoms with Crippen LogP contribution in [0.1, 0.15) is 10.4 Å². The molecule has 0 aliphatic heterocycles. The zero-order valence-corrected chi connectivity index (χ0v) is 11.1. The molecule has 0 bridgehead atoms.